The summed E-state index contributed by atoms with van der Waals surface area (Å²) in [5.74, 6) is 0. The highest BCUT2D eigenvalue weighted by molar-refractivity contribution is 5.41. The van der Waals surface area contributed by atoms with Gasteiger partial charge in [0.05, 0.1) is 25.9 Å². The van der Waals surface area contributed by atoms with E-state index in [0.29, 0.717) is 25.4 Å². The highest BCUT2D eigenvalue weighted by atomic mass is 16.7. The van der Waals surface area contributed by atoms with E-state index in [1.165, 1.54) is 22.2 Å². The van der Waals surface area contributed by atoms with E-state index in [2.05, 4.69) is 50.0 Å². The molecule has 29 heavy (non-hydrogen) atoms. The molecule has 0 bridgehead atoms. The van der Waals surface area contributed by atoms with Crippen molar-refractivity contribution in [3.05, 3.63) is 81.9 Å². The van der Waals surface area contributed by atoms with Crippen molar-refractivity contribution in [1.82, 2.24) is 14.4 Å². The molecule has 1 aromatic carbocycles. The van der Waals surface area contributed by atoms with Gasteiger partial charge in [0.2, 0.25) is 0 Å². The lowest BCUT2D eigenvalue weighted by atomic mass is 9.87. The Balaban J connectivity index is 1.40. The molecule has 2 aromatic heterocycles. The quantitative estimate of drug-likeness (QED) is 0.679. The Bertz CT molecular complexity index is 1040. The average molecular weight is 393 g/mol. The number of hydrogen-bond acceptors (Lipinski definition) is 5. The van der Waals surface area contributed by atoms with Crippen LogP contribution in [0.25, 0.3) is 5.65 Å². The first-order valence-corrected chi connectivity index (χ1v) is 9.96. The van der Waals surface area contributed by atoms with Gasteiger partial charge in [-0.15, -0.1) is 0 Å². The van der Waals surface area contributed by atoms with Gasteiger partial charge < -0.3 is 4.74 Å². The largest absolute Gasteiger partial charge is 0.371 e. The van der Waals surface area contributed by atoms with E-state index in [0.717, 1.165) is 17.7 Å². The summed E-state index contributed by atoms with van der Waals surface area (Å²) in [7, 11) is 0. The lowest BCUT2D eigenvalue weighted by Gasteiger charge is -2.32. The van der Waals surface area contributed by atoms with E-state index in [1.807, 2.05) is 17.2 Å². The third-order valence-corrected chi connectivity index (χ3v) is 5.25. The maximum atomic E-state index is 11.9. The normalized spacial score (nSPS) is 18.2. The molecular weight excluding hydrogens is 366 g/mol. The molecule has 0 radical (unpaired) electrons. The number of hydrogen-bond donors (Lipinski definition) is 0. The van der Waals surface area contributed by atoms with E-state index in [9.17, 15) is 4.79 Å². The van der Waals surface area contributed by atoms with E-state index in [1.54, 1.807) is 6.20 Å². The fraction of sp³-hybridized carbons (Fsp3) is 0.391. The minimum Gasteiger partial charge on any atom is -0.371 e. The molecule has 0 spiro atoms. The van der Waals surface area contributed by atoms with E-state index < -0.39 is 0 Å². The number of aromatic nitrogens is 2. The molecular formula is C23H27N3O3. The second-order valence-electron chi connectivity index (χ2n) is 8.44. The summed E-state index contributed by atoms with van der Waals surface area (Å²) in [6.45, 7) is 9.12. The molecule has 1 fully saturated rings. The van der Waals surface area contributed by atoms with Gasteiger partial charge >= 0.3 is 0 Å². The van der Waals surface area contributed by atoms with Gasteiger partial charge in [0.1, 0.15) is 5.65 Å². The molecule has 6 nitrogen and oxygen atoms in total. The van der Waals surface area contributed by atoms with Crippen molar-refractivity contribution in [2.75, 3.05) is 19.7 Å². The van der Waals surface area contributed by atoms with Crippen molar-refractivity contribution in [3.8, 4) is 0 Å². The number of fused-ring (bicyclic) bond motifs is 1. The first-order chi connectivity index (χ1) is 13.9. The SMILES string of the molecule is CC(C)(C)c1ccc(CON2CCOC(c3ccn4c(=O)ccnc4c3)C2)cc1. The second kappa shape index (κ2) is 8.06. The summed E-state index contributed by atoms with van der Waals surface area (Å²) in [6.07, 6.45) is 3.16. The summed E-state index contributed by atoms with van der Waals surface area (Å²) in [6, 6.07) is 13.9. The zero-order valence-corrected chi connectivity index (χ0v) is 17.2. The minimum atomic E-state index is -0.117. The van der Waals surface area contributed by atoms with Crippen molar-refractivity contribution in [1.29, 1.82) is 0 Å². The Morgan fingerprint density at radius 2 is 1.97 bits per heavy atom. The lowest BCUT2D eigenvalue weighted by molar-refractivity contribution is -0.220. The molecule has 1 unspecified atom stereocenters. The van der Waals surface area contributed by atoms with Gasteiger partial charge in [-0.1, -0.05) is 45.0 Å². The maximum Gasteiger partial charge on any atom is 0.257 e. The smallest absolute Gasteiger partial charge is 0.257 e. The van der Waals surface area contributed by atoms with Crippen LogP contribution in [0.1, 0.15) is 43.6 Å². The predicted molar refractivity (Wildman–Crippen MR) is 112 cm³/mol. The third-order valence-electron chi connectivity index (χ3n) is 5.25. The summed E-state index contributed by atoms with van der Waals surface area (Å²) >= 11 is 0. The topological polar surface area (TPSA) is 56.1 Å². The van der Waals surface area contributed by atoms with Crippen molar-refractivity contribution in [2.45, 2.75) is 38.9 Å². The number of ether oxygens (including phenoxy) is 1. The van der Waals surface area contributed by atoms with Crippen LogP contribution in [0.4, 0.5) is 0 Å². The molecule has 1 aliphatic heterocycles. The van der Waals surface area contributed by atoms with Crippen molar-refractivity contribution in [3.63, 3.8) is 0 Å². The Hall–Kier alpha value is -2.54. The zero-order chi connectivity index (χ0) is 20.4. The first kappa shape index (κ1) is 19.8. The van der Waals surface area contributed by atoms with Gasteiger partial charge in [0, 0.05) is 25.0 Å². The third kappa shape index (κ3) is 4.56. The van der Waals surface area contributed by atoms with E-state index in [4.69, 9.17) is 9.57 Å². The van der Waals surface area contributed by atoms with E-state index in [-0.39, 0.29) is 17.1 Å². The molecule has 3 heterocycles. The summed E-state index contributed by atoms with van der Waals surface area (Å²) < 4.78 is 7.47. The summed E-state index contributed by atoms with van der Waals surface area (Å²) in [5, 5.41) is 1.96. The second-order valence-corrected chi connectivity index (χ2v) is 8.44. The van der Waals surface area contributed by atoms with Gasteiger partial charge in [0.25, 0.3) is 5.56 Å². The highest BCUT2D eigenvalue weighted by Gasteiger charge is 2.23. The van der Waals surface area contributed by atoms with Crippen LogP contribution in [0.15, 0.2) is 59.7 Å². The first-order valence-electron chi connectivity index (χ1n) is 9.96. The zero-order valence-electron chi connectivity index (χ0n) is 17.2. The molecule has 0 amide bonds. The van der Waals surface area contributed by atoms with Gasteiger partial charge in [-0.05, 0) is 34.2 Å². The minimum absolute atomic E-state index is 0.0893. The van der Waals surface area contributed by atoms with Gasteiger partial charge in [-0.3, -0.25) is 14.0 Å². The van der Waals surface area contributed by atoms with Gasteiger partial charge in [-0.25, -0.2) is 4.98 Å². The molecule has 152 valence electrons. The molecule has 1 aliphatic rings. The molecule has 4 rings (SSSR count). The van der Waals surface area contributed by atoms with Crippen LogP contribution in [0.5, 0.6) is 0 Å². The van der Waals surface area contributed by atoms with E-state index >= 15 is 0 Å². The van der Waals surface area contributed by atoms with Crippen LogP contribution in [0.2, 0.25) is 0 Å². The van der Waals surface area contributed by atoms with Gasteiger partial charge in [0.15, 0.2) is 0 Å². The van der Waals surface area contributed by atoms with Crippen LogP contribution >= 0.6 is 0 Å². The van der Waals surface area contributed by atoms with Crippen LogP contribution in [0.3, 0.4) is 0 Å². The van der Waals surface area contributed by atoms with Crippen LogP contribution in [0, 0.1) is 0 Å². The maximum absolute atomic E-state index is 11.9. The number of morpholine rings is 1. The standard InChI is InChI=1S/C23H27N3O3/c1-23(2,3)19-6-4-17(5-7-19)16-29-25-12-13-28-20(15-25)18-9-11-26-21(14-18)24-10-8-22(26)27/h4-11,14,20H,12-13,15-16H2,1-3H3. The van der Waals surface area contributed by atoms with Crippen LogP contribution < -0.4 is 5.56 Å². The number of nitrogens with zero attached hydrogens (tertiary/aromatic N) is 3. The van der Waals surface area contributed by atoms with Gasteiger partial charge in [-0.2, -0.15) is 5.06 Å². The fourth-order valence-corrected chi connectivity index (χ4v) is 3.46. The molecule has 0 saturated carbocycles. The predicted octanol–water partition coefficient (Wildman–Crippen LogP) is 3.50. The number of benzene rings is 1. The molecule has 1 saturated heterocycles. The number of rotatable bonds is 4. The Morgan fingerprint density at radius 3 is 2.72 bits per heavy atom. The Morgan fingerprint density at radius 1 is 1.17 bits per heavy atom. The summed E-state index contributed by atoms with van der Waals surface area (Å²) in [5.41, 5.74) is 4.14. The number of hydroxylamine groups is 2. The Kier molecular flexibility index (Phi) is 5.50. The highest BCUT2D eigenvalue weighted by Crippen LogP contribution is 2.24. The molecule has 6 heteroatoms. The molecule has 0 N–H and O–H groups in total. The molecule has 0 aliphatic carbocycles. The van der Waals surface area contributed by atoms with Crippen LogP contribution in [-0.2, 0) is 21.6 Å². The van der Waals surface area contributed by atoms with Crippen molar-refractivity contribution in [2.24, 2.45) is 0 Å². The summed E-state index contributed by atoms with van der Waals surface area (Å²) in [4.78, 5) is 22.2. The fourth-order valence-electron chi connectivity index (χ4n) is 3.46. The lowest BCUT2D eigenvalue weighted by Crippen LogP contribution is -2.38. The molecule has 3 aromatic rings. The van der Waals surface area contributed by atoms with Crippen molar-refractivity contribution < 1.29 is 9.57 Å². The average Bonchev–Trinajstić information content (AvgIpc) is 2.72. The molecule has 1 atom stereocenters. The van der Waals surface area contributed by atoms with Crippen LogP contribution in [-0.4, -0.2) is 34.1 Å². The number of pyridine rings is 1. The Labute approximate surface area is 170 Å². The van der Waals surface area contributed by atoms with Crippen molar-refractivity contribution >= 4 is 5.65 Å². The monoisotopic (exact) mass is 393 g/mol.